The Hall–Kier alpha value is -0.650. The summed E-state index contributed by atoms with van der Waals surface area (Å²) in [6.07, 6.45) is 5.44. The number of ether oxygens (including phenoxy) is 2. The zero-order valence-corrected chi connectivity index (χ0v) is 13.7. The number of nitrogens with zero attached hydrogens (tertiary/aromatic N) is 1. The van der Waals surface area contributed by atoms with E-state index < -0.39 is 5.54 Å². The third-order valence-electron chi connectivity index (χ3n) is 5.03. The Morgan fingerprint density at radius 2 is 1.95 bits per heavy atom. The van der Waals surface area contributed by atoms with Gasteiger partial charge in [0.15, 0.2) is 0 Å². The largest absolute Gasteiger partial charge is 0.465 e. The van der Waals surface area contributed by atoms with Gasteiger partial charge in [0.05, 0.1) is 12.7 Å². The molecule has 0 aromatic rings. The minimum Gasteiger partial charge on any atom is -0.465 e. The van der Waals surface area contributed by atoms with E-state index in [0.717, 1.165) is 51.8 Å². The molecule has 0 amide bonds. The number of rotatable bonds is 6. The van der Waals surface area contributed by atoms with Gasteiger partial charge in [-0.25, -0.2) is 0 Å². The van der Waals surface area contributed by atoms with Crippen molar-refractivity contribution in [3.8, 4) is 0 Å². The van der Waals surface area contributed by atoms with E-state index in [0.29, 0.717) is 18.8 Å². The van der Waals surface area contributed by atoms with Gasteiger partial charge in [0, 0.05) is 25.7 Å². The zero-order valence-electron chi connectivity index (χ0n) is 13.7. The third kappa shape index (κ3) is 3.76. The van der Waals surface area contributed by atoms with Gasteiger partial charge in [-0.2, -0.15) is 0 Å². The van der Waals surface area contributed by atoms with Crippen LogP contribution < -0.4 is 5.32 Å². The Labute approximate surface area is 128 Å². The summed E-state index contributed by atoms with van der Waals surface area (Å²) in [4.78, 5) is 14.8. The zero-order chi connectivity index (χ0) is 15.3. The van der Waals surface area contributed by atoms with E-state index in [1.165, 1.54) is 0 Å². The lowest BCUT2D eigenvalue weighted by Crippen LogP contribution is -2.51. The van der Waals surface area contributed by atoms with Crippen LogP contribution >= 0.6 is 0 Å². The van der Waals surface area contributed by atoms with Crippen LogP contribution in [0.25, 0.3) is 0 Å². The first-order valence-corrected chi connectivity index (χ1v) is 8.37. The number of likely N-dealkylation sites (N-methyl/N-ethyl adjacent to an activating group) is 1. The highest BCUT2D eigenvalue weighted by Crippen LogP contribution is 2.35. The van der Waals surface area contributed by atoms with E-state index in [1.807, 2.05) is 14.0 Å². The molecule has 1 aliphatic heterocycles. The second-order valence-electron chi connectivity index (χ2n) is 6.14. The van der Waals surface area contributed by atoms with Gasteiger partial charge in [-0.05, 0) is 53.0 Å². The van der Waals surface area contributed by atoms with Gasteiger partial charge < -0.3 is 19.7 Å². The molecule has 2 fully saturated rings. The minimum atomic E-state index is -0.475. The third-order valence-corrected chi connectivity index (χ3v) is 5.03. The molecule has 1 saturated heterocycles. The van der Waals surface area contributed by atoms with Crippen molar-refractivity contribution in [1.82, 2.24) is 10.2 Å². The number of piperidine rings is 1. The molecule has 2 atom stereocenters. The van der Waals surface area contributed by atoms with Crippen LogP contribution in [0.4, 0.5) is 0 Å². The van der Waals surface area contributed by atoms with Gasteiger partial charge in [0.1, 0.15) is 5.54 Å². The van der Waals surface area contributed by atoms with Crippen molar-refractivity contribution in [3.63, 3.8) is 0 Å². The fourth-order valence-corrected chi connectivity index (χ4v) is 3.76. The van der Waals surface area contributed by atoms with Crippen molar-refractivity contribution in [2.45, 2.75) is 63.6 Å². The second-order valence-corrected chi connectivity index (χ2v) is 6.14. The summed E-state index contributed by atoms with van der Waals surface area (Å²) in [5, 5.41) is 3.23. The monoisotopic (exact) mass is 298 g/mol. The lowest BCUT2D eigenvalue weighted by Gasteiger charge is -2.36. The van der Waals surface area contributed by atoms with Crippen molar-refractivity contribution in [2.75, 3.05) is 33.4 Å². The maximum atomic E-state index is 12.2. The smallest absolute Gasteiger partial charge is 0.326 e. The van der Waals surface area contributed by atoms with Crippen LogP contribution in [0.2, 0.25) is 0 Å². The number of nitrogens with one attached hydrogen (secondary N) is 1. The van der Waals surface area contributed by atoms with Gasteiger partial charge in [-0.3, -0.25) is 4.79 Å². The summed E-state index contributed by atoms with van der Waals surface area (Å²) >= 11 is 0. The molecule has 1 saturated carbocycles. The van der Waals surface area contributed by atoms with Crippen LogP contribution in [-0.4, -0.2) is 61.9 Å². The molecule has 1 aliphatic carbocycles. The SMILES string of the molecule is CCOC(=O)C1(NC)CCC(N2CCC(OCC)CC2)C1. The normalized spacial score (nSPS) is 31.5. The van der Waals surface area contributed by atoms with Crippen molar-refractivity contribution >= 4 is 5.97 Å². The number of hydrogen-bond acceptors (Lipinski definition) is 5. The molecule has 122 valence electrons. The molecule has 0 aromatic carbocycles. The summed E-state index contributed by atoms with van der Waals surface area (Å²) in [7, 11) is 1.88. The van der Waals surface area contributed by atoms with Crippen LogP contribution in [0.3, 0.4) is 0 Å². The van der Waals surface area contributed by atoms with E-state index in [2.05, 4.69) is 17.1 Å². The van der Waals surface area contributed by atoms with Gasteiger partial charge >= 0.3 is 5.97 Å². The minimum absolute atomic E-state index is 0.0841. The molecule has 0 bridgehead atoms. The molecule has 21 heavy (non-hydrogen) atoms. The quantitative estimate of drug-likeness (QED) is 0.754. The summed E-state index contributed by atoms with van der Waals surface area (Å²) in [6, 6.07) is 0.490. The molecular formula is C16H30N2O3. The molecule has 5 heteroatoms. The number of likely N-dealkylation sites (tertiary alicyclic amines) is 1. The first kappa shape index (κ1) is 16.7. The highest BCUT2D eigenvalue weighted by molar-refractivity contribution is 5.81. The van der Waals surface area contributed by atoms with Crippen LogP contribution in [-0.2, 0) is 14.3 Å². The maximum absolute atomic E-state index is 12.2. The summed E-state index contributed by atoms with van der Waals surface area (Å²) in [5.41, 5.74) is -0.475. The molecule has 5 nitrogen and oxygen atoms in total. The molecule has 2 aliphatic rings. The molecule has 2 unspecified atom stereocenters. The number of esters is 1. The van der Waals surface area contributed by atoms with E-state index in [1.54, 1.807) is 0 Å². The summed E-state index contributed by atoms with van der Waals surface area (Å²) < 4.78 is 11.0. The Bertz CT molecular complexity index is 342. The average Bonchev–Trinajstić information content (AvgIpc) is 2.94. The molecular weight excluding hydrogens is 268 g/mol. The Kier molecular flexibility index (Phi) is 6.02. The van der Waals surface area contributed by atoms with Gasteiger partial charge in [-0.15, -0.1) is 0 Å². The molecule has 0 radical (unpaired) electrons. The van der Waals surface area contributed by atoms with E-state index in [-0.39, 0.29) is 5.97 Å². The molecule has 2 rings (SSSR count). The van der Waals surface area contributed by atoms with Crippen molar-refractivity contribution in [3.05, 3.63) is 0 Å². The molecule has 0 spiro atoms. The fourth-order valence-electron chi connectivity index (χ4n) is 3.76. The van der Waals surface area contributed by atoms with Crippen LogP contribution in [0, 0.1) is 0 Å². The first-order valence-electron chi connectivity index (χ1n) is 8.37. The topological polar surface area (TPSA) is 50.8 Å². The predicted octanol–water partition coefficient (Wildman–Crippen LogP) is 1.56. The Morgan fingerprint density at radius 3 is 2.52 bits per heavy atom. The van der Waals surface area contributed by atoms with E-state index >= 15 is 0 Å². The standard InChI is InChI=1S/C16H30N2O3/c1-4-20-14-7-10-18(11-8-14)13-6-9-16(12-13,17-3)15(19)21-5-2/h13-14,17H,4-12H2,1-3H3. The van der Waals surface area contributed by atoms with Crippen LogP contribution in [0.1, 0.15) is 46.0 Å². The lowest BCUT2D eigenvalue weighted by atomic mass is 9.97. The van der Waals surface area contributed by atoms with Crippen LogP contribution in [0.15, 0.2) is 0 Å². The molecule has 1 N–H and O–H groups in total. The number of carbonyl (C=O) groups is 1. The first-order chi connectivity index (χ1) is 10.1. The Balaban J connectivity index is 1.88. The highest BCUT2D eigenvalue weighted by atomic mass is 16.5. The number of carbonyl (C=O) groups excluding carboxylic acids is 1. The van der Waals surface area contributed by atoms with Crippen molar-refractivity contribution < 1.29 is 14.3 Å². The second kappa shape index (κ2) is 7.56. The fraction of sp³-hybridized carbons (Fsp3) is 0.938. The van der Waals surface area contributed by atoms with Crippen molar-refractivity contribution in [1.29, 1.82) is 0 Å². The van der Waals surface area contributed by atoms with Gasteiger partial charge in [0.25, 0.3) is 0 Å². The Morgan fingerprint density at radius 1 is 1.24 bits per heavy atom. The van der Waals surface area contributed by atoms with Crippen LogP contribution in [0.5, 0.6) is 0 Å². The summed E-state index contributed by atoms with van der Waals surface area (Å²) in [6.45, 7) is 7.35. The molecule has 0 aromatic heterocycles. The molecule has 1 heterocycles. The highest BCUT2D eigenvalue weighted by Gasteiger charge is 2.47. The van der Waals surface area contributed by atoms with Gasteiger partial charge in [0.2, 0.25) is 0 Å². The summed E-state index contributed by atoms with van der Waals surface area (Å²) in [5.74, 6) is -0.0841. The van der Waals surface area contributed by atoms with Crippen molar-refractivity contribution in [2.24, 2.45) is 0 Å². The maximum Gasteiger partial charge on any atom is 0.326 e. The lowest BCUT2D eigenvalue weighted by molar-refractivity contribution is -0.151. The number of hydrogen-bond donors (Lipinski definition) is 1. The predicted molar refractivity (Wildman–Crippen MR) is 82.3 cm³/mol. The van der Waals surface area contributed by atoms with Gasteiger partial charge in [-0.1, -0.05) is 0 Å². The van der Waals surface area contributed by atoms with E-state index in [9.17, 15) is 4.79 Å². The average molecular weight is 298 g/mol. The van der Waals surface area contributed by atoms with E-state index in [4.69, 9.17) is 9.47 Å².